The number of nitrogens with zero attached hydrogens (tertiary/aromatic N) is 3. The molecule has 3 heterocycles. The Labute approximate surface area is 151 Å². The highest BCUT2D eigenvalue weighted by molar-refractivity contribution is 7.16. The molecule has 126 valence electrons. The summed E-state index contributed by atoms with van der Waals surface area (Å²) in [7, 11) is 0. The molecule has 5 heteroatoms. The van der Waals surface area contributed by atoms with Crippen LogP contribution in [0.15, 0.2) is 60.9 Å². The Morgan fingerprint density at radius 2 is 1.76 bits per heavy atom. The molecule has 0 N–H and O–H groups in total. The van der Waals surface area contributed by atoms with E-state index in [1.165, 1.54) is 16.9 Å². The summed E-state index contributed by atoms with van der Waals surface area (Å²) in [4.78, 5) is 24.1. The molecule has 1 aliphatic rings. The van der Waals surface area contributed by atoms with Crippen LogP contribution in [0.2, 0.25) is 0 Å². The molecule has 4 nitrogen and oxygen atoms in total. The molecule has 1 saturated heterocycles. The van der Waals surface area contributed by atoms with Gasteiger partial charge in [0.1, 0.15) is 9.88 Å². The fourth-order valence-electron chi connectivity index (χ4n) is 3.28. The lowest BCUT2D eigenvalue weighted by Gasteiger charge is -2.31. The first-order chi connectivity index (χ1) is 12.3. The van der Waals surface area contributed by atoms with E-state index in [0.29, 0.717) is 10.8 Å². The van der Waals surface area contributed by atoms with Gasteiger partial charge in [0.25, 0.3) is 5.91 Å². The Kier molecular flexibility index (Phi) is 4.57. The average Bonchev–Trinajstić information content (AvgIpc) is 3.19. The summed E-state index contributed by atoms with van der Waals surface area (Å²) in [5.74, 6) is 0.641. The number of pyridine rings is 1. The van der Waals surface area contributed by atoms with Gasteiger partial charge >= 0.3 is 0 Å². The van der Waals surface area contributed by atoms with Crippen molar-refractivity contribution < 1.29 is 4.79 Å². The molecule has 0 spiro atoms. The maximum atomic E-state index is 12.8. The van der Waals surface area contributed by atoms with Gasteiger partial charge < -0.3 is 4.90 Å². The maximum absolute atomic E-state index is 12.8. The largest absolute Gasteiger partial charge is 0.338 e. The Balaban J connectivity index is 1.42. The van der Waals surface area contributed by atoms with Crippen molar-refractivity contribution in [1.82, 2.24) is 14.9 Å². The number of rotatable bonds is 3. The highest BCUT2D eigenvalue weighted by Crippen LogP contribution is 2.30. The van der Waals surface area contributed by atoms with Gasteiger partial charge in [0, 0.05) is 19.3 Å². The minimum atomic E-state index is 0.0891. The van der Waals surface area contributed by atoms with Crippen LogP contribution in [0.3, 0.4) is 0 Å². The van der Waals surface area contributed by atoms with Crippen molar-refractivity contribution in [2.24, 2.45) is 0 Å². The number of hydrogen-bond donors (Lipinski definition) is 0. The second kappa shape index (κ2) is 7.15. The van der Waals surface area contributed by atoms with Gasteiger partial charge in [-0.25, -0.2) is 4.98 Å². The van der Waals surface area contributed by atoms with Gasteiger partial charge in [0.15, 0.2) is 0 Å². The Morgan fingerprint density at radius 1 is 1.00 bits per heavy atom. The first-order valence-corrected chi connectivity index (χ1v) is 9.34. The highest BCUT2D eigenvalue weighted by atomic mass is 32.1. The van der Waals surface area contributed by atoms with Gasteiger partial charge in [-0.1, -0.05) is 36.4 Å². The zero-order chi connectivity index (χ0) is 17.1. The van der Waals surface area contributed by atoms with Gasteiger partial charge in [-0.15, -0.1) is 11.3 Å². The van der Waals surface area contributed by atoms with Crippen molar-refractivity contribution >= 4 is 17.2 Å². The Bertz CT molecular complexity index is 840. The monoisotopic (exact) mass is 349 g/mol. The highest BCUT2D eigenvalue weighted by Gasteiger charge is 2.25. The van der Waals surface area contributed by atoms with Crippen molar-refractivity contribution in [3.8, 4) is 10.7 Å². The molecule has 0 unspecified atom stereocenters. The lowest BCUT2D eigenvalue weighted by Crippen LogP contribution is -2.37. The first-order valence-electron chi connectivity index (χ1n) is 8.53. The van der Waals surface area contributed by atoms with Crippen LogP contribution >= 0.6 is 11.3 Å². The number of amides is 1. The molecule has 1 amide bonds. The van der Waals surface area contributed by atoms with Crippen LogP contribution in [-0.2, 0) is 0 Å². The molecule has 0 bridgehead atoms. The number of benzene rings is 1. The second-order valence-electron chi connectivity index (χ2n) is 6.22. The molecule has 0 atom stereocenters. The first kappa shape index (κ1) is 16.0. The standard InChI is InChI=1S/C20H19N3OS/c24-20(18-14-22-19(25-18)17-8-4-5-11-21-17)23-12-9-16(10-13-23)15-6-2-1-3-7-15/h1-8,11,14,16H,9-10,12-13H2. The average molecular weight is 349 g/mol. The van der Waals surface area contributed by atoms with E-state index in [1.54, 1.807) is 12.4 Å². The zero-order valence-corrected chi connectivity index (χ0v) is 14.7. The summed E-state index contributed by atoms with van der Waals surface area (Å²) >= 11 is 1.42. The SMILES string of the molecule is O=C(c1cnc(-c2ccccn2)s1)N1CCC(c2ccccc2)CC1. The number of likely N-dealkylation sites (tertiary alicyclic amines) is 1. The smallest absolute Gasteiger partial charge is 0.265 e. The second-order valence-corrected chi connectivity index (χ2v) is 7.25. The van der Waals surface area contributed by atoms with Crippen molar-refractivity contribution in [3.63, 3.8) is 0 Å². The third-order valence-electron chi connectivity index (χ3n) is 4.65. The van der Waals surface area contributed by atoms with Crippen LogP contribution in [-0.4, -0.2) is 33.9 Å². The van der Waals surface area contributed by atoms with Crippen LogP contribution in [0.5, 0.6) is 0 Å². The number of hydrogen-bond acceptors (Lipinski definition) is 4. The number of carbonyl (C=O) groups is 1. The summed E-state index contributed by atoms with van der Waals surface area (Å²) in [6, 6.07) is 16.3. The van der Waals surface area contributed by atoms with Crippen molar-refractivity contribution in [2.75, 3.05) is 13.1 Å². The molecular weight excluding hydrogens is 330 g/mol. The summed E-state index contributed by atoms with van der Waals surface area (Å²) in [6.45, 7) is 1.60. The fourth-order valence-corrected chi connectivity index (χ4v) is 4.14. The van der Waals surface area contributed by atoms with E-state index in [1.807, 2.05) is 29.2 Å². The zero-order valence-electron chi connectivity index (χ0n) is 13.8. The summed E-state index contributed by atoms with van der Waals surface area (Å²) in [6.07, 6.45) is 5.45. The van der Waals surface area contributed by atoms with Crippen molar-refractivity contribution in [1.29, 1.82) is 0 Å². The van der Waals surface area contributed by atoms with Gasteiger partial charge in [-0.05, 0) is 36.5 Å². The lowest BCUT2D eigenvalue weighted by atomic mass is 9.89. The number of thiazole rings is 1. The molecule has 0 aliphatic carbocycles. The van der Waals surface area contributed by atoms with Gasteiger partial charge in [0.2, 0.25) is 0 Å². The topological polar surface area (TPSA) is 46.1 Å². The van der Waals surface area contributed by atoms with E-state index in [0.717, 1.165) is 36.6 Å². The minimum absolute atomic E-state index is 0.0891. The normalized spacial score (nSPS) is 15.3. The summed E-state index contributed by atoms with van der Waals surface area (Å²) < 4.78 is 0. The minimum Gasteiger partial charge on any atom is -0.338 e. The summed E-state index contributed by atoms with van der Waals surface area (Å²) in [5, 5.41) is 0.795. The third-order valence-corrected chi connectivity index (χ3v) is 5.66. The van der Waals surface area contributed by atoms with E-state index in [4.69, 9.17) is 0 Å². The van der Waals surface area contributed by atoms with E-state index in [9.17, 15) is 4.79 Å². The predicted molar refractivity (Wildman–Crippen MR) is 99.7 cm³/mol. The number of piperidine rings is 1. The molecule has 3 aromatic rings. The molecule has 0 saturated carbocycles. The lowest BCUT2D eigenvalue weighted by molar-refractivity contribution is 0.0717. The quantitative estimate of drug-likeness (QED) is 0.711. The van der Waals surface area contributed by atoms with Crippen molar-refractivity contribution in [2.45, 2.75) is 18.8 Å². The van der Waals surface area contributed by atoms with E-state index in [-0.39, 0.29) is 5.91 Å². The van der Waals surface area contributed by atoms with Crippen LogP contribution in [0, 0.1) is 0 Å². The predicted octanol–water partition coefficient (Wildman–Crippen LogP) is 4.22. The van der Waals surface area contributed by atoms with Crippen LogP contribution in [0.25, 0.3) is 10.7 Å². The van der Waals surface area contributed by atoms with Gasteiger partial charge in [0.05, 0.1) is 11.9 Å². The Morgan fingerprint density at radius 3 is 2.48 bits per heavy atom. The number of carbonyl (C=O) groups excluding carboxylic acids is 1. The third kappa shape index (κ3) is 3.46. The van der Waals surface area contributed by atoms with E-state index in [2.05, 4.69) is 34.2 Å². The van der Waals surface area contributed by atoms with Crippen LogP contribution < -0.4 is 0 Å². The van der Waals surface area contributed by atoms with Gasteiger partial charge in [-0.3, -0.25) is 9.78 Å². The van der Waals surface area contributed by atoms with Crippen LogP contribution in [0.1, 0.15) is 34.0 Å². The molecule has 1 aromatic carbocycles. The molecular formula is C20H19N3OS. The molecule has 1 aliphatic heterocycles. The fraction of sp³-hybridized carbons (Fsp3) is 0.250. The molecule has 4 rings (SSSR count). The molecule has 2 aromatic heterocycles. The summed E-state index contributed by atoms with van der Waals surface area (Å²) in [5.41, 5.74) is 2.19. The molecule has 0 radical (unpaired) electrons. The Hall–Kier alpha value is -2.53. The van der Waals surface area contributed by atoms with Crippen LogP contribution in [0.4, 0.5) is 0 Å². The van der Waals surface area contributed by atoms with E-state index >= 15 is 0 Å². The number of aromatic nitrogens is 2. The maximum Gasteiger partial charge on any atom is 0.265 e. The molecule has 25 heavy (non-hydrogen) atoms. The molecule has 1 fully saturated rings. The van der Waals surface area contributed by atoms with E-state index < -0.39 is 0 Å². The van der Waals surface area contributed by atoms with Gasteiger partial charge in [-0.2, -0.15) is 0 Å². The van der Waals surface area contributed by atoms with Crippen molar-refractivity contribution in [3.05, 3.63) is 71.4 Å².